The zero-order valence-electron chi connectivity index (χ0n) is 12.8. The minimum atomic E-state index is -0.667. The summed E-state index contributed by atoms with van der Waals surface area (Å²) < 4.78 is 25.3. The number of hydrogen-bond donors (Lipinski definition) is 1. The molecule has 3 rings (SSSR count). The second kappa shape index (κ2) is 6.47. The second-order valence-electron chi connectivity index (χ2n) is 5.81. The Labute approximate surface area is 133 Å². The molecule has 122 valence electrons. The van der Waals surface area contributed by atoms with Gasteiger partial charge in [0, 0.05) is 6.42 Å². The summed E-state index contributed by atoms with van der Waals surface area (Å²) in [4.78, 5) is 3.93. The molecular formula is C16H18FN3O3. The van der Waals surface area contributed by atoms with Crippen molar-refractivity contribution in [1.29, 1.82) is 0 Å². The maximum Gasteiger partial charge on any atom is 0.146 e. The fraction of sp³-hybridized carbons (Fsp3) is 0.375. The topological polar surface area (TPSA) is 69.4 Å². The quantitative estimate of drug-likeness (QED) is 0.876. The molecule has 6 nitrogen and oxygen atoms in total. The molecule has 1 saturated heterocycles. The zero-order chi connectivity index (χ0) is 16.3. The minimum absolute atomic E-state index is 0.132. The first kappa shape index (κ1) is 15.6. The van der Waals surface area contributed by atoms with Crippen molar-refractivity contribution in [2.45, 2.75) is 13.3 Å². The average Bonchev–Trinajstić information content (AvgIpc) is 3.08. The van der Waals surface area contributed by atoms with E-state index >= 15 is 0 Å². The van der Waals surface area contributed by atoms with Crippen LogP contribution in [0.2, 0.25) is 0 Å². The predicted molar refractivity (Wildman–Crippen MR) is 80.8 cm³/mol. The summed E-state index contributed by atoms with van der Waals surface area (Å²) >= 11 is 0. The third-order valence-corrected chi connectivity index (χ3v) is 3.83. The fourth-order valence-corrected chi connectivity index (χ4v) is 2.54. The van der Waals surface area contributed by atoms with Gasteiger partial charge < -0.3 is 14.6 Å². The normalized spacial score (nSPS) is 18.5. The van der Waals surface area contributed by atoms with Gasteiger partial charge in [-0.2, -0.15) is 5.10 Å². The summed E-state index contributed by atoms with van der Waals surface area (Å²) in [7, 11) is 0. The van der Waals surface area contributed by atoms with Crippen molar-refractivity contribution in [3.8, 4) is 0 Å². The molecule has 1 aliphatic heterocycles. The van der Waals surface area contributed by atoms with E-state index in [1.165, 1.54) is 29.5 Å². The summed E-state index contributed by atoms with van der Waals surface area (Å²) in [5, 5.41) is 14.9. The lowest BCUT2D eigenvalue weighted by molar-refractivity contribution is -0.155. The van der Waals surface area contributed by atoms with Crippen molar-refractivity contribution in [3.63, 3.8) is 0 Å². The second-order valence-corrected chi connectivity index (χ2v) is 5.81. The smallest absolute Gasteiger partial charge is 0.146 e. The zero-order valence-corrected chi connectivity index (χ0v) is 12.8. The summed E-state index contributed by atoms with van der Waals surface area (Å²) in [5.41, 5.74) is 0.745. The Kier molecular flexibility index (Phi) is 4.40. The number of halogens is 1. The van der Waals surface area contributed by atoms with Gasteiger partial charge in [-0.3, -0.25) is 0 Å². The van der Waals surface area contributed by atoms with Crippen molar-refractivity contribution in [3.05, 3.63) is 54.1 Å². The van der Waals surface area contributed by atoms with Gasteiger partial charge in [-0.25, -0.2) is 14.1 Å². The number of aliphatic hydroxyl groups excluding tert-OH is 1. The Bertz CT molecular complexity index is 677. The van der Waals surface area contributed by atoms with E-state index in [0.717, 1.165) is 5.56 Å². The van der Waals surface area contributed by atoms with Crippen LogP contribution in [0.3, 0.4) is 0 Å². The highest BCUT2D eigenvalue weighted by molar-refractivity contribution is 5.52. The van der Waals surface area contributed by atoms with Crippen LogP contribution in [-0.4, -0.2) is 39.9 Å². The number of rotatable bonds is 4. The van der Waals surface area contributed by atoms with Gasteiger partial charge in [0.2, 0.25) is 0 Å². The van der Waals surface area contributed by atoms with Crippen LogP contribution >= 0.6 is 0 Å². The molecule has 0 atom stereocenters. The van der Waals surface area contributed by atoms with E-state index in [1.54, 1.807) is 12.1 Å². The average molecular weight is 319 g/mol. The first-order valence-corrected chi connectivity index (χ1v) is 7.26. The first-order valence-electron chi connectivity index (χ1n) is 7.26. The van der Waals surface area contributed by atoms with Crippen molar-refractivity contribution < 1.29 is 19.0 Å². The molecule has 23 heavy (non-hydrogen) atoms. The lowest BCUT2D eigenvalue weighted by Crippen LogP contribution is -2.37. The van der Waals surface area contributed by atoms with Gasteiger partial charge in [-0.15, -0.1) is 0 Å². The molecule has 0 spiro atoms. The number of hydrogen-bond acceptors (Lipinski definition) is 5. The highest BCUT2D eigenvalue weighted by atomic mass is 19.1. The van der Waals surface area contributed by atoms with Gasteiger partial charge >= 0.3 is 0 Å². The number of ether oxygens (including phenoxy) is 2. The third-order valence-electron chi connectivity index (χ3n) is 3.83. The van der Waals surface area contributed by atoms with Gasteiger partial charge in [-0.1, -0.05) is 12.1 Å². The van der Waals surface area contributed by atoms with Gasteiger partial charge in [0.15, 0.2) is 0 Å². The molecule has 1 aromatic heterocycles. The summed E-state index contributed by atoms with van der Waals surface area (Å²) in [5.74, 6) is -0.169. The van der Waals surface area contributed by atoms with E-state index in [0.29, 0.717) is 25.3 Å². The van der Waals surface area contributed by atoms with Crippen LogP contribution in [0.1, 0.15) is 12.5 Å². The molecule has 2 aromatic rings. The number of aliphatic hydroxyl groups is 1. The van der Waals surface area contributed by atoms with E-state index in [4.69, 9.17) is 9.47 Å². The maximum absolute atomic E-state index is 13.1. The largest absolute Gasteiger partial charge is 0.510 e. The van der Waals surface area contributed by atoms with Crippen LogP contribution in [0, 0.1) is 11.2 Å². The number of benzene rings is 1. The van der Waals surface area contributed by atoms with E-state index in [2.05, 4.69) is 10.1 Å². The van der Waals surface area contributed by atoms with Crippen LogP contribution in [0.4, 0.5) is 4.39 Å². The molecule has 1 N–H and O–H groups in total. The van der Waals surface area contributed by atoms with Crippen LogP contribution < -0.4 is 0 Å². The van der Waals surface area contributed by atoms with Crippen molar-refractivity contribution in [2.24, 2.45) is 5.41 Å². The molecule has 2 heterocycles. The van der Waals surface area contributed by atoms with Crippen molar-refractivity contribution in [1.82, 2.24) is 14.8 Å². The standard InChI is InChI=1S/C16H18FN3O3/c1-16(7-22-11-23-8-16)15(21)14(20-10-18-9-19-20)6-12-2-4-13(17)5-3-12/h2-5,9-10,21H,6-8,11H2,1H3. The van der Waals surface area contributed by atoms with Gasteiger partial charge in [0.1, 0.15) is 31.0 Å². The van der Waals surface area contributed by atoms with Gasteiger partial charge in [-0.05, 0) is 24.6 Å². The number of nitrogens with zero attached hydrogens (tertiary/aromatic N) is 3. The maximum atomic E-state index is 13.1. The van der Waals surface area contributed by atoms with E-state index in [9.17, 15) is 9.50 Å². The van der Waals surface area contributed by atoms with Crippen molar-refractivity contribution >= 4 is 5.70 Å². The van der Waals surface area contributed by atoms with Crippen LogP contribution in [-0.2, 0) is 15.9 Å². The summed E-state index contributed by atoms with van der Waals surface area (Å²) in [6.07, 6.45) is 3.29. The molecule has 0 radical (unpaired) electrons. The Morgan fingerprint density at radius 3 is 2.61 bits per heavy atom. The lowest BCUT2D eigenvalue weighted by atomic mass is 9.87. The van der Waals surface area contributed by atoms with Crippen LogP contribution in [0.15, 0.2) is 42.7 Å². The van der Waals surface area contributed by atoms with Crippen molar-refractivity contribution in [2.75, 3.05) is 20.0 Å². The molecule has 0 saturated carbocycles. The van der Waals surface area contributed by atoms with E-state index < -0.39 is 5.41 Å². The highest BCUT2D eigenvalue weighted by Gasteiger charge is 2.36. The monoisotopic (exact) mass is 319 g/mol. The molecule has 0 bridgehead atoms. The highest BCUT2D eigenvalue weighted by Crippen LogP contribution is 2.33. The number of allylic oxidation sites excluding steroid dienone is 1. The number of aromatic nitrogens is 3. The third kappa shape index (κ3) is 3.40. The Balaban J connectivity index is 1.98. The van der Waals surface area contributed by atoms with Crippen LogP contribution in [0.5, 0.6) is 0 Å². The SMILES string of the molecule is CC1(C(O)=C(Cc2ccc(F)cc2)n2cncn2)COCOC1. The predicted octanol–water partition coefficient (Wildman–Crippen LogP) is 2.40. The fourth-order valence-electron chi connectivity index (χ4n) is 2.54. The molecule has 1 aromatic carbocycles. The molecule has 1 fully saturated rings. The van der Waals surface area contributed by atoms with Gasteiger partial charge in [0.05, 0.1) is 24.3 Å². The summed E-state index contributed by atoms with van der Waals surface area (Å²) in [6, 6.07) is 6.13. The summed E-state index contributed by atoms with van der Waals surface area (Å²) in [6.45, 7) is 2.78. The molecule has 0 amide bonds. The van der Waals surface area contributed by atoms with Gasteiger partial charge in [0.25, 0.3) is 0 Å². The molecule has 1 aliphatic rings. The van der Waals surface area contributed by atoms with E-state index in [1.807, 2.05) is 6.92 Å². The Morgan fingerprint density at radius 2 is 2.00 bits per heavy atom. The molecule has 0 unspecified atom stereocenters. The molecular weight excluding hydrogens is 301 g/mol. The lowest BCUT2D eigenvalue weighted by Gasteiger charge is -2.33. The first-order chi connectivity index (χ1) is 11.1. The Morgan fingerprint density at radius 1 is 1.30 bits per heavy atom. The van der Waals surface area contributed by atoms with E-state index in [-0.39, 0.29) is 18.4 Å². The minimum Gasteiger partial charge on any atom is -0.510 e. The molecule has 7 heteroatoms. The van der Waals surface area contributed by atoms with Crippen LogP contribution in [0.25, 0.3) is 5.70 Å². The Hall–Kier alpha value is -2.25. The molecule has 0 aliphatic carbocycles.